The monoisotopic (exact) mass is 188 g/mol. The molecule has 0 saturated carbocycles. The molecule has 1 aromatic heterocycles. The van der Waals surface area contributed by atoms with E-state index in [2.05, 4.69) is 17.2 Å². The number of aliphatic hydroxyl groups excluding tert-OH is 1. The maximum atomic E-state index is 8.86. The lowest BCUT2D eigenvalue weighted by molar-refractivity contribution is 0.281. The fourth-order valence-electron chi connectivity index (χ4n) is 1.34. The van der Waals surface area contributed by atoms with Gasteiger partial charge in [-0.15, -0.1) is 0 Å². The van der Waals surface area contributed by atoms with Crippen molar-refractivity contribution in [2.75, 3.05) is 0 Å². The van der Waals surface area contributed by atoms with Crippen molar-refractivity contribution < 1.29 is 5.11 Å². The number of aromatic nitrogens is 2. The Morgan fingerprint density at radius 3 is 2.57 bits per heavy atom. The molecule has 0 bridgehead atoms. The van der Waals surface area contributed by atoms with Crippen LogP contribution in [0.4, 0.5) is 0 Å². The first-order valence-electron chi connectivity index (χ1n) is 4.54. The first kappa shape index (κ1) is 8.97. The molecular weight excluding hydrogens is 176 g/mol. The zero-order chi connectivity index (χ0) is 9.80. The van der Waals surface area contributed by atoms with Crippen LogP contribution in [0.3, 0.4) is 0 Å². The van der Waals surface area contributed by atoms with Crippen LogP contribution in [0.2, 0.25) is 0 Å². The van der Waals surface area contributed by atoms with Crippen LogP contribution in [-0.2, 0) is 13.2 Å². The van der Waals surface area contributed by atoms with Gasteiger partial charge in [-0.25, -0.2) is 0 Å². The number of hydrogen-bond acceptors (Lipinski definition) is 2. The second kappa shape index (κ2) is 4.07. The molecule has 3 nitrogen and oxygen atoms in total. The molecule has 0 amide bonds. The Hall–Kier alpha value is -1.61. The van der Waals surface area contributed by atoms with E-state index in [9.17, 15) is 0 Å². The zero-order valence-corrected chi connectivity index (χ0v) is 7.80. The maximum Gasteiger partial charge on any atom is 0.0712 e. The van der Waals surface area contributed by atoms with Crippen molar-refractivity contribution in [2.45, 2.75) is 13.2 Å². The van der Waals surface area contributed by atoms with Gasteiger partial charge in [-0.3, -0.25) is 4.68 Å². The van der Waals surface area contributed by atoms with E-state index in [1.807, 2.05) is 29.1 Å². The lowest BCUT2D eigenvalue weighted by Gasteiger charge is -2.00. The number of hydrogen-bond donors (Lipinski definition) is 1. The molecule has 0 aliphatic rings. The summed E-state index contributed by atoms with van der Waals surface area (Å²) in [5, 5.41) is 13.0. The van der Waals surface area contributed by atoms with E-state index in [0.29, 0.717) is 0 Å². The predicted octanol–water partition coefficient (Wildman–Crippen LogP) is 1.42. The van der Waals surface area contributed by atoms with E-state index >= 15 is 0 Å². The number of benzene rings is 1. The van der Waals surface area contributed by atoms with Crippen LogP contribution in [0, 0.1) is 0 Å². The van der Waals surface area contributed by atoms with Crippen molar-refractivity contribution in [1.82, 2.24) is 9.78 Å². The van der Waals surface area contributed by atoms with Gasteiger partial charge in [0.2, 0.25) is 0 Å². The molecule has 1 aromatic carbocycles. The minimum absolute atomic E-state index is 0.0504. The predicted molar refractivity (Wildman–Crippen MR) is 53.7 cm³/mol. The summed E-state index contributed by atoms with van der Waals surface area (Å²) in [4.78, 5) is 0. The van der Waals surface area contributed by atoms with Crippen LogP contribution in [-0.4, -0.2) is 14.9 Å². The molecule has 0 aliphatic carbocycles. The summed E-state index contributed by atoms with van der Waals surface area (Å²) in [6.45, 7) is 0.801. The second-order valence-electron chi connectivity index (χ2n) is 3.19. The van der Waals surface area contributed by atoms with E-state index in [4.69, 9.17) is 5.11 Å². The minimum Gasteiger partial charge on any atom is -0.392 e. The highest BCUT2D eigenvalue weighted by molar-refractivity contribution is 5.15. The van der Waals surface area contributed by atoms with Crippen LogP contribution in [0.15, 0.2) is 42.7 Å². The highest BCUT2D eigenvalue weighted by atomic mass is 16.3. The van der Waals surface area contributed by atoms with E-state index in [1.165, 1.54) is 5.56 Å². The first-order valence-corrected chi connectivity index (χ1v) is 4.54. The summed E-state index contributed by atoms with van der Waals surface area (Å²) >= 11 is 0. The third-order valence-corrected chi connectivity index (χ3v) is 2.06. The topological polar surface area (TPSA) is 38.1 Å². The van der Waals surface area contributed by atoms with Gasteiger partial charge in [0.05, 0.1) is 19.3 Å². The molecule has 0 saturated heterocycles. The van der Waals surface area contributed by atoms with Crippen LogP contribution < -0.4 is 0 Å². The number of rotatable bonds is 3. The van der Waals surface area contributed by atoms with Crippen molar-refractivity contribution in [3.05, 3.63) is 53.9 Å². The van der Waals surface area contributed by atoms with Gasteiger partial charge in [0.15, 0.2) is 0 Å². The summed E-state index contributed by atoms with van der Waals surface area (Å²) in [5.74, 6) is 0. The third-order valence-electron chi connectivity index (χ3n) is 2.06. The van der Waals surface area contributed by atoms with Gasteiger partial charge in [0.1, 0.15) is 0 Å². The molecule has 1 heterocycles. The molecule has 0 unspecified atom stereocenters. The van der Waals surface area contributed by atoms with Crippen molar-refractivity contribution in [1.29, 1.82) is 0 Å². The standard InChI is InChI=1S/C11H12N2O/c14-9-11-6-12-13(8-11)7-10-4-2-1-3-5-10/h1-6,8,14H,7,9H2. The molecule has 0 radical (unpaired) electrons. The summed E-state index contributed by atoms with van der Waals surface area (Å²) in [5.41, 5.74) is 2.06. The molecule has 0 spiro atoms. The van der Waals surface area contributed by atoms with Crippen molar-refractivity contribution in [3.63, 3.8) is 0 Å². The summed E-state index contributed by atoms with van der Waals surface area (Å²) < 4.78 is 1.82. The molecule has 0 fully saturated rings. The Morgan fingerprint density at radius 1 is 1.14 bits per heavy atom. The van der Waals surface area contributed by atoms with Gasteiger partial charge in [-0.05, 0) is 5.56 Å². The zero-order valence-electron chi connectivity index (χ0n) is 7.80. The molecule has 0 atom stereocenters. The molecule has 0 aliphatic heterocycles. The van der Waals surface area contributed by atoms with Gasteiger partial charge in [-0.1, -0.05) is 30.3 Å². The van der Waals surface area contributed by atoms with E-state index in [1.54, 1.807) is 6.20 Å². The van der Waals surface area contributed by atoms with Crippen LogP contribution in [0.25, 0.3) is 0 Å². The molecule has 3 heteroatoms. The SMILES string of the molecule is OCc1cnn(Cc2ccccc2)c1. The van der Waals surface area contributed by atoms with Crippen molar-refractivity contribution >= 4 is 0 Å². The molecule has 2 aromatic rings. The molecule has 1 N–H and O–H groups in total. The van der Waals surface area contributed by atoms with Gasteiger partial charge in [0.25, 0.3) is 0 Å². The fraction of sp³-hybridized carbons (Fsp3) is 0.182. The molecule has 14 heavy (non-hydrogen) atoms. The van der Waals surface area contributed by atoms with Crippen LogP contribution in [0.1, 0.15) is 11.1 Å². The average Bonchev–Trinajstić information content (AvgIpc) is 2.67. The van der Waals surface area contributed by atoms with Crippen LogP contribution >= 0.6 is 0 Å². The third kappa shape index (κ3) is 2.00. The Kier molecular flexibility index (Phi) is 2.60. The molecule has 2 rings (SSSR count). The van der Waals surface area contributed by atoms with Gasteiger partial charge in [-0.2, -0.15) is 5.10 Å². The van der Waals surface area contributed by atoms with Gasteiger partial charge >= 0.3 is 0 Å². The largest absolute Gasteiger partial charge is 0.392 e. The maximum absolute atomic E-state index is 8.86. The number of aliphatic hydroxyl groups is 1. The summed E-state index contributed by atoms with van der Waals surface area (Å²) in [6.07, 6.45) is 3.54. The Bertz CT molecular complexity index is 395. The van der Waals surface area contributed by atoms with Crippen molar-refractivity contribution in [2.24, 2.45) is 0 Å². The minimum atomic E-state index is 0.0504. The quantitative estimate of drug-likeness (QED) is 0.791. The highest BCUT2D eigenvalue weighted by Crippen LogP contribution is 2.03. The van der Waals surface area contributed by atoms with E-state index < -0.39 is 0 Å². The molecule has 72 valence electrons. The van der Waals surface area contributed by atoms with E-state index in [-0.39, 0.29) is 6.61 Å². The normalized spacial score (nSPS) is 10.4. The van der Waals surface area contributed by atoms with E-state index in [0.717, 1.165) is 12.1 Å². The highest BCUT2D eigenvalue weighted by Gasteiger charge is 1.97. The van der Waals surface area contributed by atoms with Gasteiger partial charge in [0, 0.05) is 11.8 Å². The first-order chi connectivity index (χ1) is 6.88. The second-order valence-corrected chi connectivity index (χ2v) is 3.19. The Balaban J connectivity index is 2.11. The summed E-state index contributed by atoms with van der Waals surface area (Å²) in [6, 6.07) is 10.1. The van der Waals surface area contributed by atoms with Gasteiger partial charge < -0.3 is 5.11 Å². The Morgan fingerprint density at radius 2 is 1.93 bits per heavy atom. The van der Waals surface area contributed by atoms with Crippen molar-refractivity contribution in [3.8, 4) is 0 Å². The Labute approximate surface area is 82.6 Å². The van der Waals surface area contributed by atoms with Crippen LogP contribution in [0.5, 0.6) is 0 Å². The fourth-order valence-corrected chi connectivity index (χ4v) is 1.34. The molecular formula is C11H12N2O. The smallest absolute Gasteiger partial charge is 0.0712 e. The lowest BCUT2D eigenvalue weighted by atomic mass is 10.2. The average molecular weight is 188 g/mol. The number of nitrogens with zero attached hydrogens (tertiary/aromatic N) is 2. The summed E-state index contributed by atoms with van der Waals surface area (Å²) in [7, 11) is 0. The lowest BCUT2D eigenvalue weighted by Crippen LogP contribution is -1.99.